The number of hydrogen-bond donors (Lipinski definition) is 0. The van der Waals surface area contributed by atoms with Crippen LogP contribution in [-0.2, 0) is 0 Å². The average molecular weight is 238 g/mol. The quantitative estimate of drug-likeness (QED) is 0.763. The molecule has 2 aromatic rings. The summed E-state index contributed by atoms with van der Waals surface area (Å²) in [6.45, 7) is 0. The molecule has 0 spiro atoms. The van der Waals surface area contributed by atoms with Gasteiger partial charge in [-0.2, -0.15) is 4.98 Å². The summed E-state index contributed by atoms with van der Waals surface area (Å²) in [6, 6.07) is 3.53. The lowest BCUT2D eigenvalue weighted by molar-refractivity contribution is -0.274. The molecule has 0 aliphatic rings. The molecule has 3 nitrogen and oxygen atoms in total. The number of alkyl halides is 3. The summed E-state index contributed by atoms with van der Waals surface area (Å²) in [4.78, 5) is 3.71. The van der Waals surface area contributed by atoms with Gasteiger partial charge in [0.1, 0.15) is 11.3 Å². The first kappa shape index (κ1) is 10.1. The maximum absolute atomic E-state index is 11.9. The Labute approximate surface area is 86.4 Å². The zero-order valence-electron chi connectivity index (χ0n) is 7.01. The standard InChI is InChI=1S/C8H3ClF3NO2/c9-7-13-5-2-1-4(3-6(5)14-7)15-8(10,11)12/h1-3H. The first-order chi connectivity index (χ1) is 6.94. The Bertz CT molecular complexity index is 494. The zero-order valence-corrected chi connectivity index (χ0v) is 7.76. The third kappa shape index (κ3) is 2.33. The van der Waals surface area contributed by atoms with Crippen molar-refractivity contribution in [1.82, 2.24) is 4.98 Å². The van der Waals surface area contributed by atoms with E-state index < -0.39 is 6.36 Å². The predicted molar refractivity (Wildman–Crippen MR) is 45.7 cm³/mol. The van der Waals surface area contributed by atoms with Gasteiger partial charge in [0, 0.05) is 6.07 Å². The van der Waals surface area contributed by atoms with E-state index in [1.54, 1.807) is 0 Å². The number of nitrogens with zero attached hydrogens (tertiary/aromatic N) is 1. The number of benzene rings is 1. The van der Waals surface area contributed by atoms with E-state index >= 15 is 0 Å². The van der Waals surface area contributed by atoms with Crippen molar-refractivity contribution in [2.45, 2.75) is 6.36 Å². The van der Waals surface area contributed by atoms with Gasteiger partial charge in [-0.25, -0.2) is 0 Å². The van der Waals surface area contributed by atoms with Crippen molar-refractivity contribution >= 4 is 22.7 Å². The fourth-order valence-electron chi connectivity index (χ4n) is 1.07. The van der Waals surface area contributed by atoms with E-state index in [1.165, 1.54) is 6.07 Å². The third-order valence-electron chi connectivity index (χ3n) is 1.57. The van der Waals surface area contributed by atoms with Gasteiger partial charge < -0.3 is 9.15 Å². The first-order valence-electron chi connectivity index (χ1n) is 3.76. The average Bonchev–Trinajstić information content (AvgIpc) is 2.40. The van der Waals surface area contributed by atoms with Crippen molar-refractivity contribution in [3.8, 4) is 5.75 Å². The number of rotatable bonds is 1. The molecule has 0 fully saturated rings. The minimum Gasteiger partial charge on any atom is -0.427 e. The highest BCUT2D eigenvalue weighted by atomic mass is 35.5. The molecular weight excluding hydrogens is 235 g/mol. The van der Waals surface area contributed by atoms with Crippen LogP contribution in [-0.4, -0.2) is 11.3 Å². The molecule has 0 aliphatic heterocycles. The topological polar surface area (TPSA) is 35.3 Å². The lowest BCUT2D eigenvalue weighted by Crippen LogP contribution is -2.16. The van der Waals surface area contributed by atoms with Crippen LogP contribution < -0.4 is 4.74 Å². The highest BCUT2D eigenvalue weighted by molar-refractivity contribution is 6.28. The number of oxazole rings is 1. The number of aromatic nitrogens is 1. The fraction of sp³-hybridized carbons (Fsp3) is 0.125. The molecule has 0 N–H and O–H groups in total. The largest absolute Gasteiger partial charge is 0.573 e. The van der Waals surface area contributed by atoms with Crippen LogP contribution >= 0.6 is 11.6 Å². The zero-order chi connectivity index (χ0) is 11.1. The Morgan fingerprint density at radius 2 is 2.07 bits per heavy atom. The molecule has 7 heteroatoms. The molecular formula is C8H3ClF3NO2. The van der Waals surface area contributed by atoms with Crippen LogP contribution in [0.4, 0.5) is 13.2 Å². The predicted octanol–water partition coefficient (Wildman–Crippen LogP) is 3.38. The molecule has 1 aromatic carbocycles. The molecule has 0 radical (unpaired) electrons. The van der Waals surface area contributed by atoms with Crippen LogP contribution in [0.15, 0.2) is 22.6 Å². The van der Waals surface area contributed by atoms with E-state index in [-0.39, 0.29) is 16.7 Å². The summed E-state index contributed by atoms with van der Waals surface area (Å²) in [5.41, 5.74) is 0.510. The summed E-state index contributed by atoms with van der Waals surface area (Å²) in [7, 11) is 0. The highest BCUT2D eigenvalue weighted by Gasteiger charge is 2.31. The molecule has 2 rings (SSSR count). The number of halogens is 4. The van der Waals surface area contributed by atoms with Gasteiger partial charge in [-0.05, 0) is 23.7 Å². The van der Waals surface area contributed by atoms with Gasteiger partial charge in [0.05, 0.1) is 0 Å². The van der Waals surface area contributed by atoms with E-state index in [0.29, 0.717) is 5.52 Å². The Morgan fingerprint density at radius 3 is 2.73 bits per heavy atom. The summed E-state index contributed by atoms with van der Waals surface area (Å²) in [5, 5.41) is -0.130. The molecule has 0 saturated carbocycles. The fourth-order valence-corrected chi connectivity index (χ4v) is 1.25. The van der Waals surface area contributed by atoms with Gasteiger partial charge in [-0.15, -0.1) is 13.2 Å². The highest BCUT2D eigenvalue weighted by Crippen LogP contribution is 2.27. The second kappa shape index (κ2) is 3.30. The van der Waals surface area contributed by atoms with Crippen molar-refractivity contribution in [2.75, 3.05) is 0 Å². The molecule has 80 valence electrons. The van der Waals surface area contributed by atoms with E-state index in [1.807, 2.05) is 0 Å². The summed E-state index contributed by atoms with van der Waals surface area (Å²) in [6.07, 6.45) is -4.72. The summed E-state index contributed by atoms with van der Waals surface area (Å²) < 4.78 is 44.1. The number of ether oxygens (including phenoxy) is 1. The number of fused-ring (bicyclic) bond motifs is 1. The lowest BCUT2D eigenvalue weighted by Gasteiger charge is -2.07. The molecule has 15 heavy (non-hydrogen) atoms. The van der Waals surface area contributed by atoms with Gasteiger partial charge in [0.25, 0.3) is 5.35 Å². The molecule has 0 unspecified atom stereocenters. The SMILES string of the molecule is FC(F)(F)Oc1ccc2nc(Cl)oc2c1. The summed E-state index contributed by atoms with van der Waals surface area (Å²) >= 11 is 5.43. The molecule has 1 heterocycles. The first-order valence-corrected chi connectivity index (χ1v) is 4.14. The monoisotopic (exact) mass is 237 g/mol. The van der Waals surface area contributed by atoms with Crippen molar-refractivity contribution in [1.29, 1.82) is 0 Å². The second-order valence-electron chi connectivity index (χ2n) is 2.64. The molecule has 0 bridgehead atoms. The maximum atomic E-state index is 11.9. The normalized spacial score (nSPS) is 12.0. The lowest BCUT2D eigenvalue weighted by atomic mass is 10.3. The van der Waals surface area contributed by atoms with Crippen molar-refractivity contribution in [3.63, 3.8) is 0 Å². The smallest absolute Gasteiger partial charge is 0.427 e. The van der Waals surface area contributed by atoms with Crippen molar-refractivity contribution in [3.05, 3.63) is 23.5 Å². The van der Waals surface area contributed by atoms with Gasteiger partial charge in [0.15, 0.2) is 5.58 Å². The van der Waals surface area contributed by atoms with Gasteiger partial charge in [-0.3, -0.25) is 0 Å². The van der Waals surface area contributed by atoms with Crippen LogP contribution in [0.2, 0.25) is 5.35 Å². The molecule has 0 aliphatic carbocycles. The summed E-state index contributed by atoms with van der Waals surface area (Å²) in [5.74, 6) is -0.372. The molecule has 0 atom stereocenters. The van der Waals surface area contributed by atoms with Crippen molar-refractivity contribution in [2.24, 2.45) is 0 Å². The Hall–Kier alpha value is -1.43. The number of hydrogen-bond acceptors (Lipinski definition) is 3. The van der Waals surface area contributed by atoms with Gasteiger partial charge in [0.2, 0.25) is 0 Å². The Morgan fingerprint density at radius 1 is 1.33 bits per heavy atom. The van der Waals surface area contributed by atoms with E-state index in [9.17, 15) is 13.2 Å². The van der Waals surface area contributed by atoms with Gasteiger partial charge >= 0.3 is 6.36 Å². The minimum absolute atomic E-state index is 0.130. The van der Waals surface area contributed by atoms with Crippen LogP contribution in [0.5, 0.6) is 5.75 Å². The molecule has 1 aromatic heterocycles. The molecule has 0 saturated heterocycles. The van der Waals surface area contributed by atoms with Gasteiger partial charge in [-0.1, -0.05) is 0 Å². The van der Waals surface area contributed by atoms with E-state index in [0.717, 1.165) is 12.1 Å². The minimum atomic E-state index is -4.72. The van der Waals surface area contributed by atoms with E-state index in [2.05, 4.69) is 9.72 Å². The van der Waals surface area contributed by atoms with Crippen LogP contribution in [0.1, 0.15) is 0 Å². The maximum Gasteiger partial charge on any atom is 0.573 e. The third-order valence-corrected chi connectivity index (χ3v) is 1.73. The van der Waals surface area contributed by atoms with Crippen LogP contribution in [0.3, 0.4) is 0 Å². The molecule has 0 amide bonds. The van der Waals surface area contributed by atoms with Crippen molar-refractivity contribution < 1.29 is 22.3 Å². The van der Waals surface area contributed by atoms with Crippen LogP contribution in [0.25, 0.3) is 11.1 Å². The van der Waals surface area contributed by atoms with Crippen LogP contribution in [0, 0.1) is 0 Å². The van der Waals surface area contributed by atoms with E-state index in [4.69, 9.17) is 16.0 Å². The second-order valence-corrected chi connectivity index (χ2v) is 2.97. The Balaban J connectivity index is 2.38. The Kier molecular flexibility index (Phi) is 2.22.